The summed E-state index contributed by atoms with van der Waals surface area (Å²) in [5, 5.41) is 2.85. The van der Waals surface area contributed by atoms with Crippen molar-refractivity contribution in [1.29, 1.82) is 0 Å². The Morgan fingerprint density at radius 3 is 2.38 bits per heavy atom. The van der Waals surface area contributed by atoms with E-state index in [0.29, 0.717) is 6.61 Å². The molecule has 2 aromatic carbocycles. The Bertz CT molecular complexity index is 908. The first kappa shape index (κ1) is 23.6. The van der Waals surface area contributed by atoms with Gasteiger partial charge in [0.2, 0.25) is 11.8 Å². The second-order valence-corrected chi connectivity index (χ2v) is 8.21. The summed E-state index contributed by atoms with van der Waals surface area (Å²) in [6, 6.07) is 15.4. The number of amides is 2. The lowest BCUT2D eigenvalue weighted by atomic mass is 10.1. The van der Waals surface area contributed by atoms with Gasteiger partial charge in [0, 0.05) is 38.9 Å². The summed E-state index contributed by atoms with van der Waals surface area (Å²) in [5.74, 6) is 0.647. The van der Waals surface area contributed by atoms with E-state index in [1.807, 2.05) is 63.2 Å². The molecule has 1 fully saturated rings. The molecule has 3 rings (SSSR count). The second kappa shape index (κ2) is 11.0. The van der Waals surface area contributed by atoms with E-state index >= 15 is 0 Å². The maximum atomic E-state index is 12.9. The van der Waals surface area contributed by atoms with Gasteiger partial charge in [-0.15, -0.1) is 0 Å². The predicted molar refractivity (Wildman–Crippen MR) is 128 cm³/mol. The minimum Gasteiger partial charge on any atom is -0.492 e. The van der Waals surface area contributed by atoms with Gasteiger partial charge in [-0.05, 0) is 45.0 Å². The van der Waals surface area contributed by atoms with Crippen LogP contribution in [0.2, 0.25) is 0 Å². The third-order valence-corrected chi connectivity index (χ3v) is 5.82. The normalized spacial score (nSPS) is 15.2. The van der Waals surface area contributed by atoms with Crippen LogP contribution in [0.15, 0.2) is 48.5 Å². The third-order valence-electron chi connectivity index (χ3n) is 5.82. The zero-order valence-electron chi connectivity index (χ0n) is 19.5. The Labute approximate surface area is 190 Å². The molecule has 0 aliphatic carbocycles. The molecule has 0 bridgehead atoms. The molecule has 1 N–H and O–H groups in total. The van der Waals surface area contributed by atoms with Gasteiger partial charge < -0.3 is 19.9 Å². The van der Waals surface area contributed by atoms with Gasteiger partial charge in [0.1, 0.15) is 5.75 Å². The van der Waals surface area contributed by atoms with Gasteiger partial charge in [0.15, 0.2) is 0 Å². The highest BCUT2D eigenvalue weighted by Gasteiger charge is 2.29. The van der Waals surface area contributed by atoms with E-state index in [4.69, 9.17) is 4.74 Å². The molecule has 7 nitrogen and oxygen atoms in total. The van der Waals surface area contributed by atoms with E-state index in [1.165, 1.54) is 4.90 Å². The van der Waals surface area contributed by atoms with Crippen LogP contribution >= 0.6 is 0 Å². The molecule has 0 unspecified atom stereocenters. The molecule has 1 heterocycles. The summed E-state index contributed by atoms with van der Waals surface area (Å²) in [7, 11) is 1.68. The van der Waals surface area contributed by atoms with Crippen LogP contribution in [-0.2, 0) is 9.59 Å². The standard InChI is InChI=1S/C25H34N4O3/c1-5-32-23-9-7-6-8-22(23)29-16-14-28(15-17-29)20(3)25(31)27(4)18-24(30)26-21-12-10-19(2)11-13-21/h6-13,20H,5,14-18H2,1-4H3,(H,26,30)/t20-/m1/s1. The van der Waals surface area contributed by atoms with Gasteiger partial charge in [0.05, 0.1) is 24.9 Å². The Morgan fingerprint density at radius 1 is 1.06 bits per heavy atom. The molecule has 1 saturated heterocycles. The molecule has 2 aromatic rings. The Balaban J connectivity index is 1.50. The smallest absolute Gasteiger partial charge is 0.243 e. The Morgan fingerprint density at radius 2 is 1.72 bits per heavy atom. The van der Waals surface area contributed by atoms with Crippen LogP contribution in [-0.4, -0.2) is 74.0 Å². The molecule has 0 spiro atoms. The van der Waals surface area contributed by atoms with Crippen molar-refractivity contribution >= 4 is 23.2 Å². The van der Waals surface area contributed by atoms with E-state index in [2.05, 4.69) is 21.2 Å². The van der Waals surface area contributed by atoms with Crippen LogP contribution in [0.25, 0.3) is 0 Å². The van der Waals surface area contributed by atoms with Crippen molar-refractivity contribution in [1.82, 2.24) is 9.80 Å². The molecule has 2 amide bonds. The summed E-state index contributed by atoms with van der Waals surface area (Å²) in [6.45, 7) is 9.74. The van der Waals surface area contributed by atoms with E-state index < -0.39 is 0 Å². The number of aryl methyl sites for hydroxylation is 1. The maximum absolute atomic E-state index is 12.9. The molecule has 32 heavy (non-hydrogen) atoms. The van der Waals surface area contributed by atoms with E-state index in [9.17, 15) is 9.59 Å². The summed E-state index contributed by atoms with van der Waals surface area (Å²) in [4.78, 5) is 31.3. The van der Waals surface area contributed by atoms with Gasteiger partial charge in [-0.2, -0.15) is 0 Å². The number of benzene rings is 2. The molecule has 0 aromatic heterocycles. The number of anilines is 2. The Kier molecular flexibility index (Phi) is 8.11. The summed E-state index contributed by atoms with van der Waals surface area (Å²) < 4.78 is 5.77. The number of nitrogens with zero attached hydrogens (tertiary/aromatic N) is 3. The zero-order chi connectivity index (χ0) is 23.1. The quantitative estimate of drug-likeness (QED) is 0.686. The highest BCUT2D eigenvalue weighted by molar-refractivity contribution is 5.95. The minimum atomic E-state index is -0.281. The highest BCUT2D eigenvalue weighted by Crippen LogP contribution is 2.29. The van der Waals surface area contributed by atoms with Crippen molar-refractivity contribution in [2.45, 2.75) is 26.8 Å². The fraction of sp³-hybridized carbons (Fsp3) is 0.440. The topological polar surface area (TPSA) is 65.1 Å². The van der Waals surface area contributed by atoms with Crippen molar-refractivity contribution in [3.63, 3.8) is 0 Å². The number of carbonyl (C=O) groups is 2. The lowest BCUT2D eigenvalue weighted by Gasteiger charge is -2.39. The third kappa shape index (κ3) is 6.01. The fourth-order valence-corrected chi connectivity index (χ4v) is 3.95. The van der Waals surface area contributed by atoms with Crippen LogP contribution in [0, 0.1) is 6.92 Å². The number of hydrogen-bond acceptors (Lipinski definition) is 5. The van der Waals surface area contributed by atoms with Crippen molar-refractivity contribution in [2.24, 2.45) is 0 Å². The molecule has 1 aliphatic rings. The second-order valence-electron chi connectivity index (χ2n) is 8.21. The fourth-order valence-electron chi connectivity index (χ4n) is 3.95. The van der Waals surface area contributed by atoms with E-state index in [0.717, 1.165) is 48.9 Å². The molecule has 1 aliphatic heterocycles. The molecule has 0 saturated carbocycles. The molecule has 1 atom stereocenters. The van der Waals surface area contributed by atoms with Crippen LogP contribution in [0.1, 0.15) is 19.4 Å². The number of hydrogen-bond donors (Lipinski definition) is 1. The first-order valence-corrected chi connectivity index (χ1v) is 11.2. The average Bonchev–Trinajstić information content (AvgIpc) is 2.80. The lowest BCUT2D eigenvalue weighted by Crippen LogP contribution is -2.54. The Hall–Kier alpha value is -3.06. The lowest BCUT2D eigenvalue weighted by molar-refractivity contribution is -0.137. The minimum absolute atomic E-state index is 0.0265. The molecular weight excluding hydrogens is 404 g/mol. The maximum Gasteiger partial charge on any atom is 0.243 e. The number of piperazine rings is 1. The highest BCUT2D eigenvalue weighted by atomic mass is 16.5. The zero-order valence-corrected chi connectivity index (χ0v) is 19.5. The van der Waals surface area contributed by atoms with Crippen molar-refractivity contribution in [3.8, 4) is 5.75 Å². The van der Waals surface area contributed by atoms with E-state index in [1.54, 1.807) is 7.05 Å². The molecule has 7 heteroatoms. The van der Waals surface area contributed by atoms with Gasteiger partial charge in [-0.3, -0.25) is 14.5 Å². The summed E-state index contributed by atoms with van der Waals surface area (Å²) >= 11 is 0. The number of para-hydroxylation sites is 2. The van der Waals surface area contributed by atoms with Crippen molar-refractivity contribution in [2.75, 3.05) is 56.6 Å². The largest absolute Gasteiger partial charge is 0.492 e. The number of ether oxygens (including phenoxy) is 1. The number of rotatable bonds is 8. The van der Waals surface area contributed by atoms with Gasteiger partial charge in [-0.25, -0.2) is 0 Å². The monoisotopic (exact) mass is 438 g/mol. The van der Waals surface area contributed by atoms with Gasteiger partial charge in [-0.1, -0.05) is 29.8 Å². The predicted octanol–water partition coefficient (Wildman–Crippen LogP) is 3.00. The number of likely N-dealkylation sites (N-methyl/N-ethyl adjacent to an activating group) is 1. The van der Waals surface area contributed by atoms with Crippen molar-refractivity contribution in [3.05, 3.63) is 54.1 Å². The van der Waals surface area contributed by atoms with Gasteiger partial charge in [0.25, 0.3) is 0 Å². The number of carbonyl (C=O) groups excluding carboxylic acids is 2. The SMILES string of the molecule is CCOc1ccccc1N1CCN([C@H](C)C(=O)N(C)CC(=O)Nc2ccc(C)cc2)CC1. The first-order valence-electron chi connectivity index (χ1n) is 11.2. The molecular formula is C25H34N4O3. The molecule has 0 radical (unpaired) electrons. The molecule has 172 valence electrons. The van der Waals surface area contributed by atoms with Crippen LogP contribution in [0.3, 0.4) is 0 Å². The first-order chi connectivity index (χ1) is 15.4. The van der Waals surface area contributed by atoms with Crippen LogP contribution in [0.5, 0.6) is 5.75 Å². The number of nitrogens with one attached hydrogen (secondary N) is 1. The summed E-state index contributed by atoms with van der Waals surface area (Å²) in [6.07, 6.45) is 0. The van der Waals surface area contributed by atoms with Crippen LogP contribution in [0.4, 0.5) is 11.4 Å². The van der Waals surface area contributed by atoms with Gasteiger partial charge >= 0.3 is 0 Å². The van der Waals surface area contributed by atoms with E-state index in [-0.39, 0.29) is 24.4 Å². The van der Waals surface area contributed by atoms with Crippen LogP contribution < -0.4 is 15.0 Å². The summed E-state index contributed by atoms with van der Waals surface area (Å²) in [5.41, 5.74) is 2.96. The van der Waals surface area contributed by atoms with Crippen molar-refractivity contribution < 1.29 is 14.3 Å². The average molecular weight is 439 g/mol.